The number of carbonyl (C=O) groups is 1. The van der Waals surface area contributed by atoms with Crippen LogP contribution < -0.4 is 5.32 Å². The van der Waals surface area contributed by atoms with Gasteiger partial charge in [0.1, 0.15) is 0 Å². The molecule has 2 heterocycles. The van der Waals surface area contributed by atoms with Crippen LogP contribution >= 0.6 is 0 Å². The Bertz CT molecular complexity index is 451. The van der Waals surface area contributed by atoms with E-state index < -0.39 is 0 Å². The second-order valence-corrected chi connectivity index (χ2v) is 6.28. The Morgan fingerprint density at radius 2 is 1.95 bits per heavy atom. The zero-order chi connectivity index (χ0) is 15.1. The number of amides is 1. The Morgan fingerprint density at radius 1 is 1.24 bits per heavy atom. The van der Waals surface area contributed by atoms with Crippen molar-refractivity contribution in [2.45, 2.75) is 46.0 Å². The van der Waals surface area contributed by atoms with Crippen molar-refractivity contribution >= 4 is 11.6 Å². The van der Waals surface area contributed by atoms with Crippen molar-refractivity contribution in [3.05, 3.63) is 24.0 Å². The van der Waals surface area contributed by atoms with Gasteiger partial charge in [-0.15, -0.1) is 0 Å². The van der Waals surface area contributed by atoms with Gasteiger partial charge in [-0.05, 0) is 31.2 Å². The summed E-state index contributed by atoms with van der Waals surface area (Å²) in [6.45, 7) is 7.09. The number of rotatable bonds is 5. The number of carbonyl (C=O) groups excluding carboxylic acids is 1. The van der Waals surface area contributed by atoms with Gasteiger partial charge in [0.25, 0.3) is 5.91 Å². The number of nitrogens with one attached hydrogen (secondary N) is 1. The molecule has 1 aromatic rings. The lowest BCUT2D eigenvalue weighted by Gasteiger charge is -2.20. The van der Waals surface area contributed by atoms with E-state index >= 15 is 0 Å². The van der Waals surface area contributed by atoms with Crippen LogP contribution in [0.5, 0.6) is 0 Å². The summed E-state index contributed by atoms with van der Waals surface area (Å²) in [7, 11) is 0. The van der Waals surface area contributed by atoms with Crippen molar-refractivity contribution in [3.8, 4) is 0 Å². The van der Waals surface area contributed by atoms with Gasteiger partial charge < -0.3 is 10.2 Å². The molecule has 1 aromatic heterocycles. The van der Waals surface area contributed by atoms with Gasteiger partial charge in [0.2, 0.25) is 0 Å². The SMILES string of the molecule is CC(C)CCNc1cncc(C(=O)N2CCCCCC2)c1. The molecule has 1 saturated heterocycles. The van der Waals surface area contributed by atoms with Gasteiger partial charge in [-0.25, -0.2) is 0 Å². The van der Waals surface area contributed by atoms with Crippen LogP contribution in [0.15, 0.2) is 18.5 Å². The molecule has 1 aliphatic rings. The Kier molecular flexibility index (Phi) is 6.03. The molecular formula is C17H27N3O. The second kappa shape index (κ2) is 8.01. The van der Waals surface area contributed by atoms with Gasteiger partial charge in [-0.2, -0.15) is 0 Å². The molecule has 1 amide bonds. The van der Waals surface area contributed by atoms with Crippen molar-refractivity contribution in [2.24, 2.45) is 5.92 Å². The van der Waals surface area contributed by atoms with E-state index in [1.807, 2.05) is 11.0 Å². The van der Waals surface area contributed by atoms with Gasteiger partial charge in [0, 0.05) is 32.0 Å². The van der Waals surface area contributed by atoms with E-state index in [9.17, 15) is 4.79 Å². The number of hydrogen-bond donors (Lipinski definition) is 1. The van der Waals surface area contributed by atoms with E-state index in [-0.39, 0.29) is 5.91 Å². The van der Waals surface area contributed by atoms with Crippen LogP contribution in [0.4, 0.5) is 5.69 Å². The predicted molar refractivity (Wildman–Crippen MR) is 86.6 cm³/mol. The van der Waals surface area contributed by atoms with Crippen LogP contribution in [0.3, 0.4) is 0 Å². The lowest BCUT2D eigenvalue weighted by Crippen LogP contribution is -2.31. The normalized spacial score (nSPS) is 15.9. The molecule has 0 unspecified atom stereocenters. The summed E-state index contributed by atoms with van der Waals surface area (Å²) in [5.74, 6) is 0.796. The van der Waals surface area contributed by atoms with Gasteiger partial charge in [0.05, 0.1) is 11.3 Å². The summed E-state index contributed by atoms with van der Waals surface area (Å²) < 4.78 is 0. The maximum absolute atomic E-state index is 12.5. The fraction of sp³-hybridized carbons (Fsp3) is 0.647. The van der Waals surface area contributed by atoms with Crippen LogP contribution in [0.25, 0.3) is 0 Å². The summed E-state index contributed by atoms with van der Waals surface area (Å²) in [6.07, 6.45) is 9.29. The van der Waals surface area contributed by atoms with Crippen LogP contribution in [-0.4, -0.2) is 35.4 Å². The van der Waals surface area contributed by atoms with Crippen LogP contribution in [0.1, 0.15) is 56.3 Å². The molecule has 0 aliphatic carbocycles. The van der Waals surface area contributed by atoms with Crippen LogP contribution in [-0.2, 0) is 0 Å². The smallest absolute Gasteiger partial charge is 0.255 e. The van der Waals surface area contributed by atoms with E-state index in [4.69, 9.17) is 0 Å². The first-order valence-electron chi connectivity index (χ1n) is 8.15. The number of hydrogen-bond acceptors (Lipinski definition) is 3. The highest BCUT2D eigenvalue weighted by Crippen LogP contribution is 2.15. The Labute approximate surface area is 127 Å². The summed E-state index contributed by atoms with van der Waals surface area (Å²) in [5, 5.41) is 3.35. The zero-order valence-electron chi connectivity index (χ0n) is 13.3. The Balaban J connectivity index is 1.97. The topological polar surface area (TPSA) is 45.2 Å². The van der Waals surface area contributed by atoms with Gasteiger partial charge in [0.15, 0.2) is 0 Å². The number of nitrogens with zero attached hydrogens (tertiary/aromatic N) is 2. The summed E-state index contributed by atoms with van der Waals surface area (Å²) >= 11 is 0. The fourth-order valence-corrected chi connectivity index (χ4v) is 2.62. The first-order valence-corrected chi connectivity index (χ1v) is 8.15. The first kappa shape index (κ1) is 15.8. The Morgan fingerprint density at radius 3 is 2.62 bits per heavy atom. The molecule has 0 aromatic carbocycles. The summed E-state index contributed by atoms with van der Waals surface area (Å²) in [5.41, 5.74) is 1.64. The minimum absolute atomic E-state index is 0.122. The molecule has 1 fully saturated rings. The van der Waals surface area contributed by atoms with Crippen molar-refractivity contribution in [2.75, 3.05) is 25.0 Å². The third-order valence-corrected chi connectivity index (χ3v) is 3.93. The molecule has 21 heavy (non-hydrogen) atoms. The summed E-state index contributed by atoms with van der Waals surface area (Å²) in [6, 6.07) is 1.93. The number of pyridine rings is 1. The highest BCUT2D eigenvalue weighted by Gasteiger charge is 2.17. The fourth-order valence-electron chi connectivity index (χ4n) is 2.62. The van der Waals surface area contributed by atoms with E-state index in [0.29, 0.717) is 11.5 Å². The lowest BCUT2D eigenvalue weighted by molar-refractivity contribution is 0.0761. The molecule has 0 saturated carbocycles. The highest BCUT2D eigenvalue weighted by molar-refractivity contribution is 5.94. The zero-order valence-corrected chi connectivity index (χ0v) is 13.3. The maximum atomic E-state index is 12.5. The van der Waals surface area contributed by atoms with E-state index in [1.54, 1.807) is 12.4 Å². The van der Waals surface area contributed by atoms with Crippen molar-refractivity contribution in [1.82, 2.24) is 9.88 Å². The molecule has 4 heteroatoms. The predicted octanol–water partition coefficient (Wildman–Crippen LogP) is 3.56. The quantitative estimate of drug-likeness (QED) is 0.901. The van der Waals surface area contributed by atoms with Gasteiger partial charge in [-0.1, -0.05) is 26.7 Å². The standard InChI is InChI=1S/C17H27N3O/c1-14(2)7-8-19-16-11-15(12-18-13-16)17(21)20-9-5-3-4-6-10-20/h11-14,19H,3-10H2,1-2H3. The maximum Gasteiger partial charge on any atom is 0.255 e. The molecule has 4 nitrogen and oxygen atoms in total. The summed E-state index contributed by atoms with van der Waals surface area (Å²) in [4.78, 5) is 18.7. The van der Waals surface area contributed by atoms with E-state index in [2.05, 4.69) is 24.1 Å². The first-order chi connectivity index (χ1) is 10.2. The highest BCUT2D eigenvalue weighted by atomic mass is 16.2. The second-order valence-electron chi connectivity index (χ2n) is 6.28. The monoisotopic (exact) mass is 289 g/mol. The molecule has 116 valence electrons. The van der Waals surface area contributed by atoms with Gasteiger partial charge in [-0.3, -0.25) is 9.78 Å². The number of anilines is 1. The van der Waals surface area contributed by atoms with Gasteiger partial charge >= 0.3 is 0 Å². The number of likely N-dealkylation sites (tertiary alicyclic amines) is 1. The largest absolute Gasteiger partial charge is 0.384 e. The number of aromatic nitrogens is 1. The average molecular weight is 289 g/mol. The third kappa shape index (κ3) is 5.03. The lowest BCUT2D eigenvalue weighted by atomic mass is 10.1. The molecule has 0 atom stereocenters. The van der Waals surface area contributed by atoms with E-state index in [0.717, 1.165) is 44.6 Å². The van der Waals surface area contributed by atoms with Crippen molar-refractivity contribution in [1.29, 1.82) is 0 Å². The molecule has 0 radical (unpaired) electrons. The van der Waals surface area contributed by atoms with Crippen molar-refractivity contribution in [3.63, 3.8) is 0 Å². The molecule has 1 aliphatic heterocycles. The Hall–Kier alpha value is -1.58. The third-order valence-electron chi connectivity index (χ3n) is 3.93. The van der Waals surface area contributed by atoms with Crippen LogP contribution in [0, 0.1) is 5.92 Å². The molecule has 0 spiro atoms. The molecular weight excluding hydrogens is 262 g/mol. The molecule has 1 N–H and O–H groups in total. The molecule has 2 rings (SSSR count). The van der Waals surface area contributed by atoms with E-state index in [1.165, 1.54) is 12.8 Å². The minimum atomic E-state index is 0.122. The minimum Gasteiger partial charge on any atom is -0.384 e. The van der Waals surface area contributed by atoms with Crippen molar-refractivity contribution < 1.29 is 4.79 Å². The average Bonchev–Trinajstić information content (AvgIpc) is 2.75. The van der Waals surface area contributed by atoms with Crippen LogP contribution in [0.2, 0.25) is 0 Å². The molecule has 0 bridgehead atoms.